The summed E-state index contributed by atoms with van der Waals surface area (Å²) in [6, 6.07) is 8.26. The summed E-state index contributed by atoms with van der Waals surface area (Å²) in [5.74, 6) is -1.89. The maximum Gasteiger partial charge on any atom is 0.414 e. The Balaban J connectivity index is 1.47. The van der Waals surface area contributed by atoms with Gasteiger partial charge in [-0.1, -0.05) is 11.3 Å². The van der Waals surface area contributed by atoms with Crippen LogP contribution in [0.25, 0.3) is 0 Å². The molecule has 2 N–H and O–H groups in total. The van der Waals surface area contributed by atoms with E-state index in [0.717, 1.165) is 9.35 Å². The van der Waals surface area contributed by atoms with Crippen molar-refractivity contribution in [3.05, 3.63) is 39.7 Å². The number of rotatable bonds is 5. The van der Waals surface area contributed by atoms with Gasteiger partial charge in [-0.15, -0.1) is 0 Å². The van der Waals surface area contributed by atoms with Crippen LogP contribution in [0.3, 0.4) is 0 Å². The van der Waals surface area contributed by atoms with Gasteiger partial charge in [-0.3, -0.25) is 9.59 Å². The number of thiophene rings is 1. The van der Waals surface area contributed by atoms with Gasteiger partial charge < -0.3 is 25.0 Å². The highest BCUT2D eigenvalue weighted by Gasteiger charge is 2.56. The molecule has 1 aromatic heterocycles. The topological polar surface area (TPSA) is 131 Å². The molecule has 0 atom stereocenters. The maximum absolute atomic E-state index is 13.0. The van der Waals surface area contributed by atoms with Gasteiger partial charge >= 0.3 is 6.09 Å². The third-order valence-corrected chi connectivity index (χ3v) is 8.55. The zero-order valence-corrected chi connectivity index (χ0v) is 20.6. The Morgan fingerprint density at radius 2 is 2.00 bits per heavy atom. The van der Waals surface area contributed by atoms with Crippen LogP contribution in [0, 0.1) is 6.92 Å². The minimum absolute atomic E-state index is 0.0130. The van der Waals surface area contributed by atoms with E-state index in [-0.39, 0.29) is 12.5 Å². The first-order valence-corrected chi connectivity index (χ1v) is 13.3. The number of hydrogen-bond donors (Lipinski definition) is 2. The fourth-order valence-electron chi connectivity index (χ4n) is 3.69. The molecule has 33 heavy (non-hydrogen) atoms. The second-order valence-corrected chi connectivity index (χ2v) is 12.2. The maximum atomic E-state index is 13.0. The smallest absolute Gasteiger partial charge is 0.399 e. The number of amides is 3. The van der Waals surface area contributed by atoms with E-state index in [9.17, 15) is 22.8 Å². The van der Waals surface area contributed by atoms with Gasteiger partial charge in [-0.2, -0.15) is 0 Å². The Morgan fingerprint density at radius 3 is 2.61 bits per heavy atom. The van der Waals surface area contributed by atoms with E-state index in [1.807, 2.05) is 0 Å². The van der Waals surface area contributed by atoms with Crippen molar-refractivity contribution in [1.29, 1.82) is 0 Å². The molecule has 0 unspecified atom stereocenters. The zero-order chi connectivity index (χ0) is 23.8. The number of carbonyl (C=O) groups is 3. The van der Waals surface area contributed by atoms with Crippen LogP contribution in [0.15, 0.2) is 34.1 Å². The Bertz CT molecular complexity index is 1220. The summed E-state index contributed by atoms with van der Waals surface area (Å²) in [6.45, 7) is 2.68. The third kappa shape index (κ3) is 5.21. The van der Waals surface area contributed by atoms with Crippen molar-refractivity contribution in [3.63, 3.8) is 0 Å². The molecule has 2 fully saturated rings. The summed E-state index contributed by atoms with van der Waals surface area (Å²) in [5, 5.41) is 5.38. The first-order chi connectivity index (χ1) is 15.6. The molecule has 2 aromatic rings. The van der Waals surface area contributed by atoms with Crippen LogP contribution in [0.2, 0.25) is 0 Å². The van der Waals surface area contributed by atoms with Crippen molar-refractivity contribution in [2.75, 3.05) is 41.5 Å². The first-order valence-electron chi connectivity index (χ1n) is 9.83. The van der Waals surface area contributed by atoms with E-state index < -0.39 is 38.9 Å². The van der Waals surface area contributed by atoms with Gasteiger partial charge in [0.1, 0.15) is 12.1 Å². The summed E-state index contributed by atoms with van der Waals surface area (Å²) in [6.07, 6.45) is -0.924. The van der Waals surface area contributed by atoms with Gasteiger partial charge in [0.25, 0.3) is 11.8 Å². The lowest BCUT2D eigenvalue weighted by Gasteiger charge is -2.39. The molecule has 13 heteroatoms. The number of anilines is 2. The largest absolute Gasteiger partial charge is 0.414 e. The Kier molecular flexibility index (Phi) is 6.49. The molecule has 2 aliphatic rings. The number of sulfone groups is 1. The van der Waals surface area contributed by atoms with E-state index >= 15 is 0 Å². The van der Waals surface area contributed by atoms with Crippen molar-refractivity contribution in [2.24, 2.45) is 0 Å². The summed E-state index contributed by atoms with van der Waals surface area (Å²) in [7, 11) is -3.47. The number of nitrogens with one attached hydrogen (secondary N) is 2. The predicted molar refractivity (Wildman–Crippen MR) is 126 cm³/mol. The minimum atomic E-state index is -3.47. The molecule has 2 aliphatic heterocycles. The number of halogens is 1. The molecular formula is C20H20BrN3O7S2. The molecule has 2 saturated heterocycles. The van der Waals surface area contributed by atoms with Crippen molar-refractivity contribution >= 4 is 66.4 Å². The quantitative estimate of drug-likeness (QED) is 0.575. The van der Waals surface area contributed by atoms with Gasteiger partial charge in [0.15, 0.2) is 14.9 Å². The summed E-state index contributed by atoms with van der Waals surface area (Å²) in [5.41, 5.74) is 0.208. The van der Waals surface area contributed by atoms with Crippen LogP contribution in [0.4, 0.5) is 16.2 Å². The average molecular weight is 558 g/mol. The molecule has 0 radical (unpaired) electrons. The third-order valence-electron chi connectivity index (χ3n) is 5.18. The first kappa shape index (κ1) is 23.7. The molecule has 0 bridgehead atoms. The monoisotopic (exact) mass is 557 g/mol. The lowest BCUT2D eigenvalue weighted by atomic mass is 10.0. The van der Waals surface area contributed by atoms with Crippen LogP contribution in [0.5, 0.6) is 5.06 Å². The van der Waals surface area contributed by atoms with Crippen molar-refractivity contribution < 1.29 is 32.3 Å². The highest BCUT2D eigenvalue weighted by molar-refractivity contribution is 9.11. The van der Waals surface area contributed by atoms with E-state index in [2.05, 4.69) is 26.6 Å². The molecule has 0 aliphatic carbocycles. The molecule has 4 rings (SSSR count). The second-order valence-electron chi connectivity index (χ2n) is 7.74. The number of hydrogen-bond acceptors (Lipinski definition) is 8. The Hall–Kier alpha value is -2.48. The van der Waals surface area contributed by atoms with E-state index in [1.165, 1.54) is 11.3 Å². The zero-order valence-electron chi connectivity index (χ0n) is 17.4. The van der Waals surface area contributed by atoms with Crippen molar-refractivity contribution in [1.82, 2.24) is 5.32 Å². The second kappa shape index (κ2) is 9.05. The Labute approximate surface area is 202 Å². The Morgan fingerprint density at radius 1 is 1.24 bits per heavy atom. The van der Waals surface area contributed by atoms with Gasteiger partial charge in [0, 0.05) is 17.9 Å². The van der Waals surface area contributed by atoms with Crippen LogP contribution in [0.1, 0.15) is 5.56 Å². The normalized spacial score (nSPS) is 18.8. The van der Waals surface area contributed by atoms with Crippen molar-refractivity contribution in [2.45, 2.75) is 12.5 Å². The summed E-state index contributed by atoms with van der Waals surface area (Å²) >= 11 is 4.43. The predicted octanol–water partition coefficient (Wildman–Crippen LogP) is 2.08. The van der Waals surface area contributed by atoms with Gasteiger partial charge in [0.2, 0.25) is 0 Å². The SMILES string of the molecule is Cc1cc(NC(=O)C2(NC(=O)Oc3ccc(Br)s3)CS(=O)(=O)C2)ccc1N1CCOCC1=O. The minimum Gasteiger partial charge on any atom is -0.399 e. The molecular weight excluding hydrogens is 538 g/mol. The molecule has 3 heterocycles. The molecule has 3 amide bonds. The van der Waals surface area contributed by atoms with Crippen molar-refractivity contribution in [3.8, 4) is 5.06 Å². The number of benzene rings is 1. The fraction of sp³-hybridized carbons (Fsp3) is 0.350. The highest BCUT2D eigenvalue weighted by Crippen LogP contribution is 2.31. The lowest BCUT2D eigenvalue weighted by Crippen LogP contribution is -2.71. The average Bonchev–Trinajstić information content (AvgIpc) is 3.11. The lowest BCUT2D eigenvalue weighted by molar-refractivity contribution is -0.125. The fourth-order valence-corrected chi connectivity index (χ4v) is 6.71. The highest BCUT2D eigenvalue weighted by atomic mass is 79.9. The number of ether oxygens (including phenoxy) is 2. The van der Waals surface area contributed by atoms with Gasteiger partial charge in [0.05, 0.1) is 21.9 Å². The van der Waals surface area contributed by atoms with Gasteiger partial charge in [-0.05, 0) is 58.7 Å². The summed E-state index contributed by atoms with van der Waals surface area (Å²) in [4.78, 5) is 39.1. The standard InChI is InChI=1S/C20H20BrN3O7S2/c1-12-8-13(2-3-14(12)24-6-7-30-9-16(24)25)22-18(26)20(10-33(28,29)11-20)23-19(27)31-17-5-4-15(21)32-17/h2-5,8H,6-7,9-11H2,1H3,(H,22,26)(H,23,27). The van der Waals surface area contributed by atoms with Crippen LogP contribution >= 0.6 is 27.3 Å². The number of morpholine rings is 1. The van der Waals surface area contributed by atoms with E-state index in [4.69, 9.17) is 9.47 Å². The number of nitrogens with zero attached hydrogens (tertiary/aromatic N) is 1. The van der Waals surface area contributed by atoms with E-state index in [0.29, 0.717) is 29.6 Å². The number of aryl methyl sites for hydroxylation is 1. The van der Waals surface area contributed by atoms with Crippen LogP contribution in [-0.4, -0.2) is 63.1 Å². The summed E-state index contributed by atoms with van der Waals surface area (Å²) < 4.78 is 34.8. The van der Waals surface area contributed by atoms with Crippen LogP contribution in [-0.2, 0) is 24.2 Å². The number of carbonyl (C=O) groups excluding carboxylic acids is 3. The molecule has 176 valence electrons. The molecule has 1 aromatic carbocycles. The molecule has 10 nitrogen and oxygen atoms in total. The molecule has 0 spiro atoms. The van der Waals surface area contributed by atoms with E-state index in [1.54, 1.807) is 42.2 Å². The van der Waals surface area contributed by atoms with Crippen LogP contribution < -0.4 is 20.3 Å². The molecule has 0 saturated carbocycles. The van der Waals surface area contributed by atoms with Gasteiger partial charge in [-0.25, -0.2) is 13.2 Å².